The molecule has 1 N–H and O–H groups in total. The fourth-order valence-electron chi connectivity index (χ4n) is 7.50. The van der Waals surface area contributed by atoms with Crippen LogP contribution in [0.1, 0.15) is 50.7 Å². The van der Waals surface area contributed by atoms with Crippen molar-refractivity contribution >= 4 is 39.7 Å². The predicted molar refractivity (Wildman–Crippen MR) is 186 cm³/mol. The van der Waals surface area contributed by atoms with E-state index < -0.39 is 11.5 Å². The molecule has 48 heavy (non-hydrogen) atoms. The predicted octanol–water partition coefficient (Wildman–Crippen LogP) is 5.76. The van der Waals surface area contributed by atoms with Crippen LogP contribution >= 0.6 is 0 Å². The van der Waals surface area contributed by atoms with Crippen molar-refractivity contribution in [1.82, 2.24) is 9.47 Å². The Hall–Kier alpha value is -5.70. The summed E-state index contributed by atoms with van der Waals surface area (Å²) in [5, 5.41) is 3.61. The molecule has 0 saturated carbocycles. The van der Waals surface area contributed by atoms with Gasteiger partial charge in [0.25, 0.3) is 17.4 Å². The highest BCUT2D eigenvalue weighted by atomic mass is 16.4. The Balaban J connectivity index is 1.12. The maximum atomic E-state index is 13.8. The van der Waals surface area contributed by atoms with Crippen molar-refractivity contribution in [2.75, 3.05) is 36.4 Å². The number of rotatable bonds is 5. The summed E-state index contributed by atoms with van der Waals surface area (Å²) < 4.78 is 7.34. The molecule has 0 unspecified atom stereocenters. The van der Waals surface area contributed by atoms with Gasteiger partial charge in [-0.1, -0.05) is 60.7 Å². The summed E-state index contributed by atoms with van der Waals surface area (Å²) in [6.45, 7) is 3.03. The van der Waals surface area contributed by atoms with E-state index in [4.69, 9.17) is 4.42 Å². The van der Waals surface area contributed by atoms with Gasteiger partial charge in [0.05, 0.1) is 11.4 Å². The Bertz CT molecular complexity index is 2220. The van der Waals surface area contributed by atoms with E-state index in [-0.39, 0.29) is 28.9 Å². The van der Waals surface area contributed by atoms with Crippen LogP contribution in [0.3, 0.4) is 0 Å². The van der Waals surface area contributed by atoms with E-state index in [2.05, 4.69) is 28.4 Å². The summed E-state index contributed by atoms with van der Waals surface area (Å²) in [6, 6.07) is 29.6. The van der Waals surface area contributed by atoms with E-state index in [1.54, 1.807) is 30.3 Å². The summed E-state index contributed by atoms with van der Waals surface area (Å²) >= 11 is 0. The zero-order valence-electron chi connectivity index (χ0n) is 26.3. The minimum absolute atomic E-state index is 0.0177. The molecule has 5 aromatic rings. The molecule has 0 spiro atoms. The lowest BCUT2D eigenvalue weighted by atomic mass is 9.83. The van der Waals surface area contributed by atoms with E-state index >= 15 is 0 Å². The van der Waals surface area contributed by atoms with Crippen molar-refractivity contribution in [2.24, 2.45) is 5.92 Å². The largest absolute Gasteiger partial charge is 0.422 e. The van der Waals surface area contributed by atoms with Crippen molar-refractivity contribution in [3.05, 3.63) is 146 Å². The van der Waals surface area contributed by atoms with Gasteiger partial charge in [-0.05, 0) is 66.3 Å². The van der Waals surface area contributed by atoms with Gasteiger partial charge in [-0.3, -0.25) is 14.4 Å². The number of aromatic nitrogens is 1. The fraction of sp³-hybridized carbons (Fsp3) is 0.231. The normalized spacial score (nSPS) is 18.6. The van der Waals surface area contributed by atoms with Crippen molar-refractivity contribution < 1.29 is 14.0 Å². The molecule has 2 bridgehead atoms. The number of benzene rings is 3. The van der Waals surface area contributed by atoms with E-state index in [1.165, 1.54) is 11.6 Å². The fourth-order valence-corrected chi connectivity index (χ4v) is 7.50. The smallest absolute Gasteiger partial charge is 0.349 e. The molecule has 0 aliphatic carbocycles. The zero-order valence-corrected chi connectivity index (χ0v) is 26.3. The Morgan fingerprint density at radius 1 is 0.833 bits per heavy atom. The van der Waals surface area contributed by atoms with Gasteiger partial charge in [0.15, 0.2) is 0 Å². The quantitative estimate of drug-likeness (QED) is 0.246. The number of pyridine rings is 1. The van der Waals surface area contributed by atoms with Crippen LogP contribution < -0.4 is 21.4 Å². The second-order valence-electron chi connectivity index (χ2n) is 12.9. The van der Waals surface area contributed by atoms with Gasteiger partial charge in [-0.2, -0.15) is 0 Å². The van der Waals surface area contributed by atoms with Gasteiger partial charge in [0.2, 0.25) is 0 Å². The number of hydrogen-bond donors (Lipinski definition) is 1. The molecule has 3 aliphatic heterocycles. The van der Waals surface area contributed by atoms with Gasteiger partial charge in [-0.25, -0.2) is 4.79 Å². The molecule has 2 aromatic heterocycles. The molecule has 3 aliphatic rings. The number of para-hydroxylation sites is 1. The molecule has 240 valence electrons. The molecule has 9 nitrogen and oxygen atoms in total. The topological polar surface area (TPSA) is 105 Å². The number of nitrogens with one attached hydrogen (secondary N) is 1. The summed E-state index contributed by atoms with van der Waals surface area (Å²) in [7, 11) is 0. The summed E-state index contributed by atoms with van der Waals surface area (Å²) in [4.78, 5) is 57.1. The van der Waals surface area contributed by atoms with Crippen LogP contribution in [-0.2, 0) is 6.54 Å². The third-order valence-electron chi connectivity index (χ3n) is 9.84. The van der Waals surface area contributed by atoms with Gasteiger partial charge >= 0.3 is 5.63 Å². The monoisotopic (exact) mass is 638 g/mol. The molecule has 8 rings (SSSR count). The number of carbonyl (C=O) groups excluding carboxylic acids is 2. The average Bonchev–Trinajstić information content (AvgIpc) is 3.12. The number of fused-ring (bicyclic) bond motifs is 5. The van der Waals surface area contributed by atoms with Crippen LogP contribution in [0.2, 0.25) is 0 Å². The molecule has 3 aromatic carbocycles. The second-order valence-corrected chi connectivity index (χ2v) is 12.9. The number of amides is 2. The lowest BCUT2D eigenvalue weighted by Gasteiger charge is -2.44. The first kappa shape index (κ1) is 29.7. The maximum Gasteiger partial charge on any atom is 0.349 e. The molecule has 1 saturated heterocycles. The Labute approximate surface area is 276 Å². The van der Waals surface area contributed by atoms with Gasteiger partial charge in [-0.15, -0.1) is 0 Å². The van der Waals surface area contributed by atoms with Crippen LogP contribution in [0.25, 0.3) is 16.5 Å². The lowest BCUT2D eigenvalue weighted by Crippen LogP contribution is -2.47. The van der Waals surface area contributed by atoms with Crippen molar-refractivity contribution in [3.8, 4) is 0 Å². The third-order valence-corrected chi connectivity index (χ3v) is 9.84. The molecular formula is C39H34N4O5. The molecule has 9 heteroatoms. The summed E-state index contributed by atoms with van der Waals surface area (Å²) in [5.74, 6) is -0.354. The van der Waals surface area contributed by atoms with E-state index in [1.807, 2.05) is 58.0 Å². The Kier molecular flexibility index (Phi) is 7.51. The number of piperidine rings is 1. The SMILES string of the molecule is O=C(Nc1cc(C(=O)N2CC=C(c3ccccc3)CC2)ccc1N1C[C@H]2C[C@@H](C1)c1cccc(=O)n1C2)c1cc2ccccc2oc1=O. The number of carbonyl (C=O) groups is 2. The highest BCUT2D eigenvalue weighted by Crippen LogP contribution is 2.39. The summed E-state index contributed by atoms with van der Waals surface area (Å²) in [6.07, 6.45) is 3.82. The minimum atomic E-state index is -0.733. The van der Waals surface area contributed by atoms with Crippen molar-refractivity contribution in [2.45, 2.75) is 25.3 Å². The molecular weight excluding hydrogens is 604 g/mol. The van der Waals surface area contributed by atoms with Gasteiger partial charge in [0, 0.05) is 61.4 Å². The first-order chi connectivity index (χ1) is 23.4. The second kappa shape index (κ2) is 12.2. The molecule has 2 atom stereocenters. The van der Waals surface area contributed by atoms with E-state index in [0.29, 0.717) is 54.9 Å². The van der Waals surface area contributed by atoms with E-state index in [9.17, 15) is 19.2 Å². The van der Waals surface area contributed by atoms with E-state index in [0.717, 1.165) is 29.8 Å². The molecule has 0 radical (unpaired) electrons. The molecule has 5 heterocycles. The van der Waals surface area contributed by atoms with Crippen LogP contribution in [-0.4, -0.2) is 47.5 Å². The first-order valence-electron chi connectivity index (χ1n) is 16.4. The summed E-state index contributed by atoms with van der Waals surface area (Å²) in [5.41, 5.74) is 4.62. The van der Waals surface area contributed by atoms with Gasteiger partial charge < -0.3 is 24.1 Å². The number of nitrogens with zero attached hydrogens (tertiary/aromatic N) is 3. The van der Waals surface area contributed by atoms with Crippen molar-refractivity contribution in [3.63, 3.8) is 0 Å². The number of hydrogen-bond acceptors (Lipinski definition) is 6. The van der Waals surface area contributed by atoms with Crippen LogP contribution in [0, 0.1) is 5.92 Å². The Morgan fingerprint density at radius 3 is 2.50 bits per heavy atom. The zero-order chi connectivity index (χ0) is 32.8. The first-order valence-corrected chi connectivity index (χ1v) is 16.4. The Morgan fingerprint density at radius 2 is 1.67 bits per heavy atom. The number of anilines is 2. The molecule has 1 fully saturated rings. The highest BCUT2D eigenvalue weighted by Gasteiger charge is 2.35. The minimum Gasteiger partial charge on any atom is -0.422 e. The van der Waals surface area contributed by atoms with Crippen LogP contribution in [0.4, 0.5) is 11.4 Å². The molecule has 2 amide bonds. The van der Waals surface area contributed by atoms with Crippen LogP contribution in [0.5, 0.6) is 0 Å². The standard InChI is InChI=1S/C39H34N4O5/c44-36-12-6-10-33-30-19-25(23-43(33)36)22-42(24-30)34-14-13-29(38(46)41-17-15-27(16-18-41)26-7-2-1-3-8-26)21-32(34)40-37(45)31-20-28-9-4-5-11-35(28)48-39(31)47/h1-15,20-21,25,30H,16-19,22-24H2,(H,40,45)/t25-,30+/m1/s1. The van der Waals surface area contributed by atoms with Crippen molar-refractivity contribution in [1.29, 1.82) is 0 Å². The third kappa shape index (κ3) is 5.51. The lowest BCUT2D eigenvalue weighted by molar-refractivity contribution is 0.0772. The highest BCUT2D eigenvalue weighted by molar-refractivity contribution is 6.08. The van der Waals surface area contributed by atoms with Gasteiger partial charge in [0.1, 0.15) is 11.1 Å². The van der Waals surface area contributed by atoms with Crippen LogP contribution in [0.15, 0.2) is 117 Å². The maximum absolute atomic E-state index is 13.8. The average molecular weight is 639 g/mol.